The Bertz CT molecular complexity index is 836. The van der Waals surface area contributed by atoms with Gasteiger partial charge < -0.3 is 15.4 Å². The number of carbonyl (C=O) groups excluding carboxylic acids is 2. The summed E-state index contributed by atoms with van der Waals surface area (Å²) in [5, 5.41) is 6.11. The third kappa shape index (κ3) is 10.9. The third-order valence-corrected chi connectivity index (χ3v) is 5.99. The number of nitrogens with one attached hydrogen (secondary N) is 2. The van der Waals surface area contributed by atoms with Gasteiger partial charge in [0, 0.05) is 25.4 Å². The lowest BCUT2D eigenvalue weighted by molar-refractivity contribution is -0.122. The van der Waals surface area contributed by atoms with Crippen molar-refractivity contribution in [1.82, 2.24) is 10.6 Å². The second-order valence-corrected chi connectivity index (χ2v) is 9.18. The van der Waals surface area contributed by atoms with Crippen LogP contribution in [0.2, 0.25) is 0 Å². The molecular formula is C29H42N2O3. The van der Waals surface area contributed by atoms with Crippen molar-refractivity contribution in [2.45, 2.75) is 71.6 Å². The summed E-state index contributed by atoms with van der Waals surface area (Å²) in [4.78, 5) is 24.5. The Morgan fingerprint density at radius 2 is 1.62 bits per heavy atom. The Labute approximate surface area is 205 Å². The van der Waals surface area contributed by atoms with Crippen LogP contribution < -0.4 is 15.4 Å². The van der Waals surface area contributed by atoms with Crippen LogP contribution in [0.1, 0.15) is 76.3 Å². The van der Waals surface area contributed by atoms with E-state index in [1.54, 1.807) is 0 Å². The maximum absolute atomic E-state index is 12.3. The molecule has 2 rings (SSSR count). The predicted molar refractivity (Wildman–Crippen MR) is 139 cm³/mol. The molecule has 5 heteroatoms. The smallest absolute Gasteiger partial charge is 0.224 e. The molecule has 0 aliphatic heterocycles. The highest BCUT2D eigenvalue weighted by Crippen LogP contribution is 2.23. The summed E-state index contributed by atoms with van der Waals surface area (Å²) in [7, 11) is 0. The zero-order valence-corrected chi connectivity index (χ0v) is 21.1. The van der Waals surface area contributed by atoms with Crippen molar-refractivity contribution >= 4 is 11.8 Å². The number of hydrogen-bond acceptors (Lipinski definition) is 3. The Hall–Kier alpha value is -2.82. The number of ether oxygens (including phenoxy) is 1. The zero-order valence-electron chi connectivity index (χ0n) is 21.1. The number of benzene rings is 2. The molecule has 186 valence electrons. The number of unbranched alkanes of at least 4 members (excludes halogenated alkanes) is 1. The maximum Gasteiger partial charge on any atom is 0.224 e. The van der Waals surface area contributed by atoms with Gasteiger partial charge in [0.15, 0.2) is 0 Å². The Balaban J connectivity index is 1.92. The van der Waals surface area contributed by atoms with Gasteiger partial charge in [0.1, 0.15) is 5.75 Å². The van der Waals surface area contributed by atoms with Gasteiger partial charge in [-0.05, 0) is 48.4 Å². The Morgan fingerprint density at radius 3 is 2.29 bits per heavy atom. The van der Waals surface area contributed by atoms with Gasteiger partial charge in [0.2, 0.25) is 11.8 Å². The molecule has 1 unspecified atom stereocenters. The van der Waals surface area contributed by atoms with Crippen molar-refractivity contribution in [1.29, 1.82) is 0 Å². The fourth-order valence-electron chi connectivity index (χ4n) is 3.93. The van der Waals surface area contributed by atoms with Crippen LogP contribution in [0.25, 0.3) is 0 Å². The normalized spacial score (nSPS) is 12.6. The summed E-state index contributed by atoms with van der Waals surface area (Å²) in [5.74, 6) is 1.63. The molecule has 5 nitrogen and oxygen atoms in total. The SMILES string of the molecule is CCCCC(=O)NC[C@H](CCNC(=O)Cc1ccccc1)c1ccc(OCC(C)CCC)cc1. The molecule has 2 aromatic carbocycles. The molecule has 0 aliphatic carbocycles. The van der Waals surface area contributed by atoms with Crippen LogP contribution in [0, 0.1) is 5.92 Å². The first-order chi connectivity index (χ1) is 16.5. The van der Waals surface area contributed by atoms with Crippen molar-refractivity contribution in [2.24, 2.45) is 5.92 Å². The van der Waals surface area contributed by atoms with Gasteiger partial charge in [0.05, 0.1) is 13.0 Å². The molecule has 0 heterocycles. The molecule has 2 aromatic rings. The highest BCUT2D eigenvalue weighted by molar-refractivity contribution is 5.78. The van der Waals surface area contributed by atoms with Gasteiger partial charge >= 0.3 is 0 Å². The van der Waals surface area contributed by atoms with E-state index >= 15 is 0 Å². The van der Waals surface area contributed by atoms with E-state index in [-0.39, 0.29) is 17.7 Å². The molecule has 0 saturated carbocycles. The van der Waals surface area contributed by atoms with E-state index in [0.29, 0.717) is 31.8 Å². The molecule has 0 fully saturated rings. The molecule has 0 aliphatic rings. The van der Waals surface area contributed by atoms with Gasteiger partial charge in [-0.3, -0.25) is 9.59 Å². The summed E-state index contributed by atoms with van der Waals surface area (Å²) in [5.41, 5.74) is 2.14. The lowest BCUT2D eigenvalue weighted by Gasteiger charge is -2.19. The van der Waals surface area contributed by atoms with Gasteiger partial charge in [-0.25, -0.2) is 0 Å². The Kier molecular flexibility index (Phi) is 12.8. The fourth-order valence-corrected chi connectivity index (χ4v) is 3.93. The average molecular weight is 467 g/mol. The predicted octanol–water partition coefficient (Wildman–Crippen LogP) is 5.64. The number of hydrogen-bond donors (Lipinski definition) is 2. The monoisotopic (exact) mass is 466 g/mol. The molecule has 0 radical (unpaired) electrons. The zero-order chi connectivity index (χ0) is 24.6. The minimum absolute atomic E-state index is 0.0156. The number of carbonyl (C=O) groups is 2. The second kappa shape index (κ2) is 15.9. The lowest BCUT2D eigenvalue weighted by Crippen LogP contribution is -2.31. The summed E-state index contributed by atoms with van der Waals surface area (Å²) < 4.78 is 5.94. The van der Waals surface area contributed by atoms with Gasteiger partial charge in [-0.1, -0.05) is 76.1 Å². The summed E-state index contributed by atoms with van der Waals surface area (Å²) in [6.07, 6.45) is 5.91. The fraction of sp³-hybridized carbons (Fsp3) is 0.517. The van der Waals surface area contributed by atoms with Crippen LogP contribution in [0.4, 0.5) is 0 Å². The van der Waals surface area contributed by atoms with Crippen molar-refractivity contribution in [3.63, 3.8) is 0 Å². The Morgan fingerprint density at radius 1 is 0.882 bits per heavy atom. The van der Waals surface area contributed by atoms with E-state index in [1.165, 1.54) is 0 Å². The minimum atomic E-state index is 0.0156. The topological polar surface area (TPSA) is 67.4 Å². The van der Waals surface area contributed by atoms with Gasteiger partial charge in [0.25, 0.3) is 0 Å². The van der Waals surface area contributed by atoms with Gasteiger partial charge in [-0.15, -0.1) is 0 Å². The van der Waals surface area contributed by atoms with Crippen LogP contribution in [0.5, 0.6) is 5.75 Å². The van der Waals surface area contributed by atoms with E-state index in [4.69, 9.17) is 4.74 Å². The van der Waals surface area contributed by atoms with Crippen LogP contribution in [-0.4, -0.2) is 31.5 Å². The molecule has 2 amide bonds. The van der Waals surface area contributed by atoms with Crippen LogP contribution in [-0.2, 0) is 16.0 Å². The summed E-state index contributed by atoms with van der Waals surface area (Å²) in [6, 6.07) is 17.9. The first kappa shape index (κ1) is 27.4. The summed E-state index contributed by atoms with van der Waals surface area (Å²) >= 11 is 0. The number of rotatable bonds is 16. The minimum Gasteiger partial charge on any atom is -0.493 e. The van der Waals surface area contributed by atoms with E-state index in [1.807, 2.05) is 42.5 Å². The molecule has 2 atom stereocenters. The molecule has 0 spiro atoms. The standard InChI is InChI=1S/C29H42N2O3/c1-4-6-13-28(32)31-21-26(18-19-30-29(33)20-24-11-8-7-9-12-24)25-14-16-27(17-15-25)34-22-23(3)10-5-2/h7-9,11-12,14-17,23,26H,4-6,10,13,18-22H2,1-3H3,(H,30,33)(H,31,32)/t23?,26-/m0/s1. The van der Waals surface area contributed by atoms with E-state index < -0.39 is 0 Å². The van der Waals surface area contributed by atoms with E-state index in [2.05, 4.69) is 43.5 Å². The molecule has 0 aromatic heterocycles. The van der Waals surface area contributed by atoms with Crippen LogP contribution >= 0.6 is 0 Å². The third-order valence-electron chi connectivity index (χ3n) is 5.99. The molecular weight excluding hydrogens is 424 g/mol. The van der Waals surface area contributed by atoms with Crippen molar-refractivity contribution in [3.05, 3.63) is 65.7 Å². The summed E-state index contributed by atoms with van der Waals surface area (Å²) in [6.45, 7) is 8.33. The van der Waals surface area contributed by atoms with E-state index in [9.17, 15) is 9.59 Å². The van der Waals surface area contributed by atoms with Crippen molar-refractivity contribution < 1.29 is 14.3 Å². The van der Waals surface area contributed by atoms with Crippen LogP contribution in [0.3, 0.4) is 0 Å². The highest BCUT2D eigenvalue weighted by Gasteiger charge is 2.14. The number of amides is 2. The molecule has 0 bridgehead atoms. The maximum atomic E-state index is 12.3. The quantitative estimate of drug-likeness (QED) is 0.336. The largest absolute Gasteiger partial charge is 0.493 e. The van der Waals surface area contributed by atoms with Crippen molar-refractivity contribution in [2.75, 3.05) is 19.7 Å². The van der Waals surface area contributed by atoms with Crippen LogP contribution in [0.15, 0.2) is 54.6 Å². The lowest BCUT2D eigenvalue weighted by atomic mass is 9.95. The van der Waals surface area contributed by atoms with E-state index in [0.717, 1.165) is 55.6 Å². The second-order valence-electron chi connectivity index (χ2n) is 9.18. The molecule has 2 N–H and O–H groups in total. The van der Waals surface area contributed by atoms with Crippen molar-refractivity contribution in [3.8, 4) is 5.75 Å². The molecule has 0 saturated heterocycles. The first-order valence-corrected chi connectivity index (χ1v) is 12.8. The average Bonchev–Trinajstić information content (AvgIpc) is 2.84. The van der Waals surface area contributed by atoms with Gasteiger partial charge in [-0.2, -0.15) is 0 Å². The molecule has 34 heavy (non-hydrogen) atoms. The highest BCUT2D eigenvalue weighted by atomic mass is 16.5. The first-order valence-electron chi connectivity index (χ1n) is 12.8.